The highest BCUT2D eigenvalue weighted by Gasteiger charge is 2.15. The molecule has 0 aliphatic rings. The third-order valence-electron chi connectivity index (χ3n) is 2.50. The van der Waals surface area contributed by atoms with E-state index in [1.807, 2.05) is 6.92 Å². The number of benzene rings is 1. The topological polar surface area (TPSA) is 89.3 Å². The molecular formula is C12H18N2O3S. The Bertz CT molecular complexity index is 526. The molecule has 3 N–H and O–H groups in total. The molecule has 0 radical (unpaired) electrons. The van der Waals surface area contributed by atoms with Crippen molar-refractivity contribution >= 4 is 21.4 Å². The van der Waals surface area contributed by atoms with Gasteiger partial charge in [0.25, 0.3) is 0 Å². The third kappa shape index (κ3) is 4.12. The number of anilines is 1. The number of hydrogen-bond donors (Lipinski definition) is 2. The first-order valence-corrected chi connectivity index (χ1v) is 7.52. The van der Waals surface area contributed by atoms with Gasteiger partial charge < -0.3 is 11.1 Å². The molecule has 0 bridgehead atoms. The summed E-state index contributed by atoms with van der Waals surface area (Å²) < 4.78 is 23.1. The maximum absolute atomic E-state index is 11.7. The summed E-state index contributed by atoms with van der Waals surface area (Å²) >= 11 is 0. The minimum atomic E-state index is -3.35. The van der Waals surface area contributed by atoms with Crippen molar-refractivity contribution in [3.8, 4) is 0 Å². The zero-order valence-corrected chi connectivity index (χ0v) is 11.3. The molecule has 100 valence electrons. The molecule has 1 rings (SSSR count). The summed E-state index contributed by atoms with van der Waals surface area (Å²) in [5.74, 6) is -0.167. The van der Waals surface area contributed by atoms with Crippen molar-refractivity contribution in [1.82, 2.24) is 0 Å². The van der Waals surface area contributed by atoms with Gasteiger partial charge in [-0.1, -0.05) is 19.1 Å². The lowest BCUT2D eigenvalue weighted by Gasteiger charge is -2.11. The third-order valence-corrected chi connectivity index (χ3v) is 3.65. The summed E-state index contributed by atoms with van der Waals surface area (Å²) in [6.45, 7) is 2.28. The van der Waals surface area contributed by atoms with Crippen LogP contribution in [-0.4, -0.2) is 27.1 Å². The van der Waals surface area contributed by atoms with E-state index in [1.54, 1.807) is 18.2 Å². The lowest BCUT2D eigenvalue weighted by atomic mass is 10.1. The number of hydrogen-bond acceptors (Lipinski definition) is 4. The molecule has 1 unspecified atom stereocenters. The molecule has 0 aliphatic heterocycles. The molecule has 5 nitrogen and oxygen atoms in total. The van der Waals surface area contributed by atoms with Crippen LogP contribution in [-0.2, 0) is 14.6 Å². The molecule has 0 aromatic heterocycles. The lowest BCUT2D eigenvalue weighted by Crippen LogP contribution is -2.20. The smallest absolute Gasteiger partial charge is 0.224 e. The highest BCUT2D eigenvalue weighted by molar-refractivity contribution is 7.90. The van der Waals surface area contributed by atoms with Crippen molar-refractivity contribution in [1.29, 1.82) is 0 Å². The Morgan fingerprint density at radius 3 is 2.56 bits per heavy atom. The summed E-state index contributed by atoms with van der Waals surface area (Å²) in [6.07, 6.45) is 1.38. The first-order chi connectivity index (χ1) is 8.34. The fourth-order valence-electron chi connectivity index (χ4n) is 1.49. The Kier molecular flexibility index (Phi) is 4.86. The molecule has 0 spiro atoms. The van der Waals surface area contributed by atoms with Crippen LogP contribution >= 0.6 is 0 Å². The molecule has 1 aromatic carbocycles. The van der Waals surface area contributed by atoms with Crippen molar-refractivity contribution in [2.45, 2.75) is 18.2 Å². The van der Waals surface area contributed by atoms with Crippen molar-refractivity contribution < 1.29 is 13.2 Å². The Hall–Kier alpha value is -1.40. The summed E-state index contributed by atoms with van der Waals surface area (Å²) in [5.41, 5.74) is 5.75. The van der Waals surface area contributed by atoms with E-state index in [9.17, 15) is 13.2 Å². The van der Waals surface area contributed by atoms with Gasteiger partial charge in [0.1, 0.15) is 0 Å². The molecule has 1 aromatic rings. The largest absolute Gasteiger partial charge is 0.330 e. The van der Waals surface area contributed by atoms with Gasteiger partial charge in [-0.05, 0) is 24.6 Å². The number of amides is 1. The molecule has 0 aliphatic carbocycles. The van der Waals surface area contributed by atoms with E-state index >= 15 is 0 Å². The molecule has 0 saturated heterocycles. The first kappa shape index (κ1) is 14.7. The summed E-state index contributed by atoms with van der Waals surface area (Å²) in [4.78, 5) is 11.8. The van der Waals surface area contributed by atoms with E-state index in [4.69, 9.17) is 5.73 Å². The zero-order valence-electron chi connectivity index (χ0n) is 10.5. The van der Waals surface area contributed by atoms with Crippen LogP contribution in [0.3, 0.4) is 0 Å². The highest BCUT2D eigenvalue weighted by Crippen LogP contribution is 2.20. The van der Waals surface area contributed by atoms with Gasteiger partial charge in [0.15, 0.2) is 9.84 Å². The van der Waals surface area contributed by atoms with Gasteiger partial charge in [-0.2, -0.15) is 0 Å². The van der Waals surface area contributed by atoms with Crippen molar-refractivity contribution in [2.75, 3.05) is 18.1 Å². The van der Waals surface area contributed by atoms with Crippen molar-refractivity contribution in [2.24, 2.45) is 11.7 Å². The van der Waals surface area contributed by atoms with Crippen LogP contribution < -0.4 is 11.1 Å². The molecule has 18 heavy (non-hydrogen) atoms. The van der Waals surface area contributed by atoms with Gasteiger partial charge in [-0.15, -0.1) is 0 Å². The van der Waals surface area contributed by atoms with Crippen LogP contribution in [0, 0.1) is 5.92 Å². The van der Waals surface area contributed by atoms with Gasteiger partial charge in [-0.25, -0.2) is 8.42 Å². The van der Waals surface area contributed by atoms with E-state index in [0.29, 0.717) is 12.2 Å². The van der Waals surface area contributed by atoms with Crippen molar-refractivity contribution in [3.05, 3.63) is 24.3 Å². The van der Waals surface area contributed by atoms with E-state index in [0.717, 1.165) is 6.26 Å². The molecule has 0 heterocycles. The van der Waals surface area contributed by atoms with Crippen LogP contribution in [0.5, 0.6) is 0 Å². The van der Waals surface area contributed by atoms with Gasteiger partial charge in [0, 0.05) is 12.7 Å². The normalized spacial score (nSPS) is 13.1. The molecule has 0 saturated carbocycles. The second kappa shape index (κ2) is 5.97. The molecule has 0 fully saturated rings. The van der Waals surface area contributed by atoms with Crippen molar-refractivity contribution in [3.63, 3.8) is 0 Å². The van der Waals surface area contributed by atoms with E-state index in [1.165, 1.54) is 6.07 Å². The SMILES string of the molecule is CC(CN)CC(=O)Nc1ccccc1S(C)(=O)=O. The van der Waals surface area contributed by atoms with Crippen LogP contribution in [0.2, 0.25) is 0 Å². The number of para-hydroxylation sites is 1. The number of nitrogens with two attached hydrogens (primary N) is 1. The fourth-order valence-corrected chi connectivity index (χ4v) is 2.34. The van der Waals surface area contributed by atoms with E-state index < -0.39 is 9.84 Å². The average molecular weight is 270 g/mol. The summed E-state index contributed by atoms with van der Waals surface area (Å²) in [5, 5.41) is 2.61. The first-order valence-electron chi connectivity index (χ1n) is 5.63. The Morgan fingerprint density at radius 2 is 2.00 bits per heavy atom. The second-order valence-corrected chi connectivity index (χ2v) is 6.35. The molecule has 6 heteroatoms. The van der Waals surface area contributed by atoms with E-state index in [-0.39, 0.29) is 23.1 Å². The molecular weight excluding hydrogens is 252 g/mol. The second-order valence-electron chi connectivity index (χ2n) is 4.36. The van der Waals surface area contributed by atoms with Crippen LogP contribution in [0.25, 0.3) is 0 Å². The monoisotopic (exact) mass is 270 g/mol. The number of sulfone groups is 1. The Morgan fingerprint density at radius 1 is 1.39 bits per heavy atom. The van der Waals surface area contributed by atoms with Crippen LogP contribution in [0.15, 0.2) is 29.2 Å². The number of carbonyl (C=O) groups is 1. The number of carbonyl (C=O) groups excluding carboxylic acids is 1. The highest BCUT2D eigenvalue weighted by atomic mass is 32.2. The average Bonchev–Trinajstić information content (AvgIpc) is 2.27. The van der Waals surface area contributed by atoms with Crippen LogP contribution in [0.4, 0.5) is 5.69 Å². The van der Waals surface area contributed by atoms with Gasteiger partial charge in [-0.3, -0.25) is 4.79 Å². The van der Waals surface area contributed by atoms with Gasteiger partial charge in [0.05, 0.1) is 10.6 Å². The van der Waals surface area contributed by atoms with Crippen LogP contribution in [0.1, 0.15) is 13.3 Å². The standard InChI is InChI=1S/C12H18N2O3S/c1-9(8-13)7-12(15)14-10-5-3-4-6-11(10)18(2,16)17/h3-6,9H,7-8,13H2,1-2H3,(H,14,15). The summed E-state index contributed by atoms with van der Waals surface area (Å²) in [7, 11) is -3.35. The maximum atomic E-state index is 11.7. The minimum Gasteiger partial charge on any atom is -0.330 e. The minimum absolute atomic E-state index is 0.0652. The Balaban J connectivity index is 2.89. The Labute approximate surface area is 107 Å². The van der Waals surface area contributed by atoms with Gasteiger partial charge in [0.2, 0.25) is 5.91 Å². The maximum Gasteiger partial charge on any atom is 0.224 e. The summed E-state index contributed by atoms with van der Waals surface area (Å²) in [6, 6.07) is 6.34. The molecule has 1 atom stereocenters. The predicted molar refractivity (Wildman–Crippen MR) is 71.0 cm³/mol. The molecule has 1 amide bonds. The fraction of sp³-hybridized carbons (Fsp3) is 0.417. The quantitative estimate of drug-likeness (QED) is 0.835. The van der Waals surface area contributed by atoms with Gasteiger partial charge >= 0.3 is 0 Å². The predicted octanol–water partition coefficient (Wildman–Crippen LogP) is 1.01. The van der Waals surface area contributed by atoms with E-state index in [2.05, 4.69) is 5.32 Å². The lowest BCUT2D eigenvalue weighted by molar-refractivity contribution is -0.116. The zero-order chi connectivity index (χ0) is 13.8. The number of nitrogens with one attached hydrogen (secondary N) is 1. The number of rotatable bonds is 5.